The van der Waals surface area contributed by atoms with E-state index in [1.165, 1.54) is 4.90 Å². The molecule has 1 saturated carbocycles. The number of hydrogen-bond donors (Lipinski definition) is 2. The monoisotopic (exact) mass is 430 g/mol. The van der Waals surface area contributed by atoms with Crippen molar-refractivity contribution in [3.8, 4) is 0 Å². The second-order valence-electron chi connectivity index (χ2n) is 9.67. The van der Waals surface area contributed by atoms with Crippen molar-refractivity contribution in [3.63, 3.8) is 0 Å². The van der Waals surface area contributed by atoms with Crippen LogP contribution in [0.2, 0.25) is 0 Å². The first kappa shape index (κ1) is 23.3. The van der Waals surface area contributed by atoms with Gasteiger partial charge in [-0.05, 0) is 52.0 Å². The smallest absolute Gasteiger partial charge is 0.410 e. The van der Waals surface area contributed by atoms with Gasteiger partial charge in [0.15, 0.2) is 0 Å². The minimum Gasteiger partial charge on any atom is -0.444 e. The number of ether oxygens (including phenoxy) is 1. The molecule has 1 aromatic carbocycles. The van der Waals surface area contributed by atoms with E-state index in [1.54, 1.807) is 20.8 Å². The van der Waals surface area contributed by atoms with E-state index in [2.05, 4.69) is 5.32 Å². The van der Waals surface area contributed by atoms with Crippen LogP contribution in [0.3, 0.4) is 0 Å². The van der Waals surface area contributed by atoms with E-state index >= 15 is 0 Å². The van der Waals surface area contributed by atoms with E-state index in [0.717, 1.165) is 18.4 Å². The lowest BCUT2D eigenvalue weighted by Gasteiger charge is -2.29. The molecule has 1 aliphatic heterocycles. The van der Waals surface area contributed by atoms with Crippen LogP contribution in [0.15, 0.2) is 30.3 Å². The molecule has 1 heterocycles. The Balaban J connectivity index is 1.72. The van der Waals surface area contributed by atoms with Crippen molar-refractivity contribution < 1.29 is 24.2 Å². The summed E-state index contributed by atoms with van der Waals surface area (Å²) in [5, 5.41) is 12.7. The van der Waals surface area contributed by atoms with Crippen LogP contribution in [0.5, 0.6) is 0 Å². The lowest BCUT2D eigenvalue weighted by atomic mass is 9.95. The Kier molecular flexibility index (Phi) is 7.36. The lowest BCUT2D eigenvalue weighted by molar-refractivity contribution is -0.127. The molecule has 3 rings (SSSR count). The molecule has 4 atom stereocenters. The molecule has 2 amide bonds. The average molecular weight is 431 g/mol. The van der Waals surface area contributed by atoms with Crippen molar-refractivity contribution in [2.75, 3.05) is 13.2 Å². The molecule has 0 aromatic heterocycles. The molecule has 0 bridgehead atoms. The van der Waals surface area contributed by atoms with Gasteiger partial charge >= 0.3 is 6.09 Å². The summed E-state index contributed by atoms with van der Waals surface area (Å²) in [6, 6.07) is 8.64. The molecule has 2 fully saturated rings. The zero-order valence-electron chi connectivity index (χ0n) is 18.7. The maximum absolute atomic E-state index is 13.2. The number of nitrogens with one attached hydrogen (secondary N) is 1. The maximum Gasteiger partial charge on any atom is 0.410 e. The molecule has 2 aliphatic rings. The largest absolute Gasteiger partial charge is 0.444 e. The minimum atomic E-state index is -0.687. The van der Waals surface area contributed by atoms with E-state index < -0.39 is 23.8 Å². The van der Waals surface area contributed by atoms with Gasteiger partial charge in [0.2, 0.25) is 5.91 Å². The number of nitrogens with zero attached hydrogens (tertiary/aromatic N) is 1. The number of carbonyl (C=O) groups is 3. The highest BCUT2D eigenvalue weighted by Crippen LogP contribution is 2.33. The normalized spacial score (nSPS) is 24.8. The fraction of sp³-hybridized carbons (Fsp3) is 0.625. The Morgan fingerprint density at radius 3 is 2.55 bits per heavy atom. The summed E-state index contributed by atoms with van der Waals surface area (Å²) in [6.07, 6.45) is 2.64. The number of carbonyl (C=O) groups excluding carboxylic acids is 3. The Morgan fingerprint density at radius 2 is 1.97 bits per heavy atom. The molecule has 1 aliphatic carbocycles. The maximum atomic E-state index is 13.2. The highest BCUT2D eigenvalue weighted by molar-refractivity contribution is 5.87. The number of likely N-dealkylation sites (tertiary alicyclic amines) is 1. The van der Waals surface area contributed by atoms with E-state index in [9.17, 15) is 19.5 Å². The van der Waals surface area contributed by atoms with Gasteiger partial charge in [0.25, 0.3) is 0 Å². The summed E-state index contributed by atoms with van der Waals surface area (Å²) < 4.78 is 5.55. The number of rotatable bonds is 6. The van der Waals surface area contributed by atoms with Crippen molar-refractivity contribution in [1.82, 2.24) is 10.2 Å². The zero-order chi connectivity index (χ0) is 22.6. The molecule has 1 saturated heterocycles. The molecular weight excluding hydrogens is 396 g/mol. The third-order valence-electron chi connectivity index (χ3n) is 6.07. The number of hydrogen-bond acceptors (Lipinski definition) is 5. The fourth-order valence-electron chi connectivity index (χ4n) is 4.53. The summed E-state index contributed by atoms with van der Waals surface area (Å²) >= 11 is 0. The first-order valence-electron chi connectivity index (χ1n) is 11.2. The molecule has 7 heteroatoms. The minimum absolute atomic E-state index is 0.0217. The van der Waals surface area contributed by atoms with Crippen molar-refractivity contribution >= 4 is 17.8 Å². The van der Waals surface area contributed by atoms with Gasteiger partial charge in [-0.2, -0.15) is 0 Å². The number of Topliss-reactive ketones (excluding diaryl/α,β-unsaturated/α-hetero) is 1. The van der Waals surface area contributed by atoms with E-state index in [0.29, 0.717) is 25.8 Å². The van der Waals surface area contributed by atoms with Gasteiger partial charge < -0.3 is 15.2 Å². The van der Waals surface area contributed by atoms with Crippen molar-refractivity contribution in [2.24, 2.45) is 5.92 Å². The SMILES string of the molecule is CC(C)(C)OC(=O)N1C[C@H](c2ccccc2)C[C@H]1C(=O)N[C@H](CO)C[C@@H]1CCCC1=O. The van der Waals surface area contributed by atoms with Crippen LogP contribution >= 0.6 is 0 Å². The van der Waals surface area contributed by atoms with Gasteiger partial charge in [-0.3, -0.25) is 14.5 Å². The molecule has 1 aromatic rings. The van der Waals surface area contributed by atoms with Crippen LogP contribution in [0, 0.1) is 5.92 Å². The standard InChI is InChI=1S/C24H34N2O5/c1-24(2,3)31-23(30)26-14-18(16-8-5-4-6-9-16)13-20(26)22(29)25-19(15-27)12-17-10-7-11-21(17)28/h4-6,8-9,17-20,27H,7,10-15H2,1-3H3,(H,25,29)/t17-,18+,19-,20-/m0/s1. The van der Waals surface area contributed by atoms with Crippen LogP contribution in [0.4, 0.5) is 4.79 Å². The summed E-state index contributed by atoms with van der Waals surface area (Å²) in [5.74, 6) is -0.199. The third-order valence-corrected chi connectivity index (χ3v) is 6.07. The second-order valence-corrected chi connectivity index (χ2v) is 9.67. The first-order valence-corrected chi connectivity index (χ1v) is 11.2. The van der Waals surface area contributed by atoms with Gasteiger partial charge in [0.1, 0.15) is 17.4 Å². The summed E-state index contributed by atoms with van der Waals surface area (Å²) in [4.78, 5) is 39.5. The third kappa shape index (κ3) is 6.06. The van der Waals surface area contributed by atoms with Gasteiger partial charge in [-0.1, -0.05) is 30.3 Å². The number of ketones is 1. The van der Waals surface area contributed by atoms with Crippen LogP contribution < -0.4 is 5.32 Å². The van der Waals surface area contributed by atoms with Gasteiger partial charge in [0.05, 0.1) is 12.6 Å². The highest BCUT2D eigenvalue weighted by Gasteiger charge is 2.42. The molecule has 0 unspecified atom stereocenters. The van der Waals surface area contributed by atoms with E-state index in [4.69, 9.17) is 4.74 Å². The average Bonchev–Trinajstić information content (AvgIpc) is 3.33. The number of aliphatic hydroxyl groups excluding tert-OH is 1. The number of benzene rings is 1. The first-order chi connectivity index (χ1) is 14.7. The van der Waals surface area contributed by atoms with Crippen LogP contribution in [-0.4, -0.2) is 58.6 Å². The molecular formula is C24H34N2O5. The van der Waals surface area contributed by atoms with Crippen molar-refractivity contribution in [3.05, 3.63) is 35.9 Å². The topological polar surface area (TPSA) is 95.9 Å². The fourth-order valence-corrected chi connectivity index (χ4v) is 4.53. The molecule has 31 heavy (non-hydrogen) atoms. The predicted molar refractivity (Wildman–Crippen MR) is 117 cm³/mol. The quantitative estimate of drug-likeness (QED) is 0.723. The lowest BCUT2D eigenvalue weighted by Crippen LogP contribution is -2.51. The summed E-state index contributed by atoms with van der Waals surface area (Å²) in [5.41, 5.74) is 0.404. The molecule has 2 N–H and O–H groups in total. The Hall–Kier alpha value is -2.41. The number of aliphatic hydroxyl groups is 1. The molecule has 0 radical (unpaired) electrons. The van der Waals surface area contributed by atoms with E-state index in [1.807, 2.05) is 30.3 Å². The van der Waals surface area contributed by atoms with Gasteiger partial charge in [-0.25, -0.2) is 4.79 Å². The predicted octanol–water partition coefficient (Wildman–Crippen LogP) is 3.02. The highest BCUT2D eigenvalue weighted by atomic mass is 16.6. The van der Waals surface area contributed by atoms with Gasteiger partial charge in [-0.15, -0.1) is 0 Å². The summed E-state index contributed by atoms with van der Waals surface area (Å²) in [7, 11) is 0. The zero-order valence-corrected chi connectivity index (χ0v) is 18.7. The number of amides is 2. The Bertz CT molecular complexity index is 789. The van der Waals surface area contributed by atoms with Crippen LogP contribution in [0.25, 0.3) is 0 Å². The Labute approximate surface area is 184 Å². The molecule has 7 nitrogen and oxygen atoms in total. The molecule has 0 spiro atoms. The van der Waals surface area contributed by atoms with Crippen molar-refractivity contribution in [1.29, 1.82) is 0 Å². The van der Waals surface area contributed by atoms with Crippen LogP contribution in [0.1, 0.15) is 64.4 Å². The van der Waals surface area contributed by atoms with Gasteiger partial charge in [0, 0.05) is 24.8 Å². The summed E-state index contributed by atoms with van der Waals surface area (Å²) in [6.45, 7) is 5.54. The second kappa shape index (κ2) is 9.81. The van der Waals surface area contributed by atoms with Crippen LogP contribution in [-0.2, 0) is 14.3 Å². The molecule has 170 valence electrons. The van der Waals surface area contributed by atoms with Crippen molar-refractivity contribution in [2.45, 2.75) is 76.5 Å². The van der Waals surface area contributed by atoms with E-state index in [-0.39, 0.29) is 30.1 Å². The Morgan fingerprint density at radius 1 is 1.26 bits per heavy atom.